The highest BCUT2D eigenvalue weighted by Crippen LogP contribution is 2.25. The largest absolute Gasteiger partial charge is 0.376 e. The van der Waals surface area contributed by atoms with Crippen LogP contribution in [0.4, 0.5) is 0 Å². The minimum atomic E-state index is -0.0682. The second-order valence-electron chi connectivity index (χ2n) is 6.71. The average molecular weight is 270 g/mol. The van der Waals surface area contributed by atoms with Crippen molar-refractivity contribution in [1.82, 2.24) is 4.90 Å². The van der Waals surface area contributed by atoms with Gasteiger partial charge in [0.25, 0.3) is 0 Å². The Morgan fingerprint density at radius 2 is 2.16 bits per heavy atom. The molecule has 0 aromatic carbocycles. The summed E-state index contributed by atoms with van der Waals surface area (Å²) in [7, 11) is 0. The Morgan fingerprint density at radius 3 is 2.58 bits per heavy atom. The van der Waals surface area contributed by atoms with Gasteiger partial charge in [0.2, 0.25) is 5.91 Å². The summed E-state index contributed by atoms with van der Waals surface area (Å²) >= 11 is 0. The van der Waals surface area contributed by atoms with Crippen LogP contribution < -0.4 is 5.73 Å². The molecule has 1 fully saturated rings. The number of nitrogens with two attached hydrogens (primary N) is 1. The molecule has 1 aliphatic rings. The van der Waals surface area contributed by atoms with Crippen molar-refractivity contribution in [3.8, 4) is 0 Å². The van der Waals surface area contributed by atoms with E-state index in [0.29, 0.717) is 6.54 Å². The Morgan fingerprint density at radius 1 is 1.47 bits per heavy atom. The van der Waals surface area contributed by atoms with E-state index in [9.17, 15) is 4.79 Å². The molecule has 2 atom stereocenters. The first-order chi connectivity index (χ1) is 8.87. The van der Waals surface area contributed by atoms with Gasteiger partial charge in [-0.05, 0) is 31.6 Å². The molecule has 0 bridgehead atoms. The molecule has 0 aliphatic carbocycles. The molecule has 4 nitrogen and oxygen atoms in total. The molecule has 0 spiro atoms. The van der Waals surface area contributed by atoms with Gasteiger partial charge in [-0.25, -0.2) is 0 Å². The maximum Gasteiger partial charge on any atom is 0.227 e. The fourth-order valence-electron chi connectivity index (χ4n) is 2.68. The molecule has 1 rings (SSSR count). The lowest BCUT2D eigenvalue weighted by Crippen LogP contribution is -2.43. The fourth-order valence-corrected chi connectivity index (χ4v) is 2.68. The van der Waals surface area contributed by atoms with Crippen LogP contribution in [0.25, 0.3) is 0 Å². The maximum absolute atomic E-state index is 12.6. The Kier molecular flexibility index (Phi) is 6.27. The molecule has 1 saturated heterocycles. The van der Waals surface area contributed by atoms with Crippen molar-refractivity contribution >= 4 is 5.91 Å². The van der Waals surface area contributed by atoms with Crippen LogP contribution >= 0.6 is 0 Å². The Labute approximate surface area is 117 Å². The Balaban J connectivity index is 2.58. The number of amides is 1. The summed E-state index contributed by atoms with van der Waals surface area (Å²) in [6.07, 6.45) is 3.23. The average Bonchev–Trinajstić information content (AvgIpc) is 2.84. The molecule has 19 heavy (non-hydrogen) atoms. The first-order valence-electron chi connectivity index (χ1n) is 7.48. The van der Waals surface area contributed by atoms with Gasteiger partial charge in [-0.15, -0.1) is 0 Å². The lowest BCUT2D eigenvalue weighted by atomic mass is 9.84. The van der Waals surface area contributed by atoms with Gasteiger partial charge < -0.3 is 15.4 Å². The summed E-state index contributed by atoms with van der Waals surface area (Å²) in [5, 5.41) is 0. The first kappa shape index (κ1) is 16.4. The first-order valence-corrected chi connectivity index (χ1v) is 7.48. The van der Waals surface area contributed by atoms with Crippen molar-refractivity contribution in [2.24, 2.45) is 17.1 Å². The van der Waals surface area contributed by atoms with Gasteiger partial charge in [0.05, 0.1) is 12.0 Å². The smallest absolute Gasteiger partial charge is 0.227 e. The van der Waals surface area contributed by atoms with Gasteiger partial charge in [0.15, 0.2) is 0 Å². The predicted molar refractivity (Wildman–Crippen MR) is 77.8 cm³/mol. The van der Waals surface area contributed by atoms with Gasteiger partial charge >= 0.3 is 0 Å². The summed E-state index contributed by atoms with van der Waals surface area (Å²) in [6.45, 7) is 11.2. The van der Waals surface area contributed by atoms with Crippen LogP contribution in [0.1, 0.15) is 47.0 Å². The standard InChI is InChI=1S/C15H30N2O2/c1-5-17(11-13-7-6-8-19-13)14(18)12(10-16)9-15(2,3)4/h12-13H,5-11,16H2,1-4H3. The Bertz CT molecular complexity index is 280. The van der Waals surface area contributed by atoms with Crippen molar-refractivity contribution in [2.45, 2.75) is 53.1 Å². The van der Waals surface area contributed by atoms with E-state index in [2.05, 4.69) is 20.8 Å². The van der Waals surface area contributed by atoms with Crippen LogP contribution in [0.2, 0.25) is 0 Å². The van der Waals surface area contributed by atoms with E-state index in [0.717, 1.165) is 39.0 Å². The van der Waals surface area contributed by atoms with Crippen LogP contribution in [0.15, 0.2) is 0 Å². The summed E-state index contributed by atoms with van der Waals surface area (Å²) in [4.78, 5) is 14.5. The minimum absolute atomic E-state index is 0.0682. The number of carbonyl (C=O) groups excluding carboxylic acids is 1. The summed E-state index contributed by atoms with van der Waals surface area (Å²) < 4.78 is 5.62. The molecule has 4 heteroatoms. The van der Waals surface area contributed by atoms with E-state index in [1.807, 2.05) is 11.8 Å². The summed E-state index contributed by atoms with van der Waals surface area (Å²) in [5.74, 6) is 0.122. The molecule has 0 saturated carbocycles. The highest BCUT2D eigenvalue weighted by molar-refractivity contribution is 5.79. The van der Waals surface area contributed by atoms with E-state index in [1.54, 1.807) is 0 Å². The SMILES string of the molecule is CCN(CC1CCCO1)C(=O)C(CN)CC(C)(C)C. The normalized spacial score (nSPS) is 21.4. The van der Waals surface area contributed by atoms with Crippen molar-refractivity contribution < 1.29 is 9.53 Å². The fraction of sp³-hybridized carbons (Fsp3) is 0.933. The number of nitrogens with zero attached hydrogens (tertiary/aromatic N) is 1. The lowest BCUT2D eigenvalue weighted by molar-refractivity contribution is -0.137. The van der Waals surface area contributed by atoms with Crippen LogP contribution in [-0.4, -0.2) is 43.2 Å². The zero-order valence-corrected chi connectivity index (χ0v) is 12.9. The molecular formula is C15H30N2O2. The molecule has 0 aromatic heterocycles. The Hall–Kier alpha value is -0.610. The predicted octanol–water partition coefficient (Wildman–Crippen LogP) is 2.02. The topological polar surface area (TPSA) is 55.6 Å². The maximum atomic E-state index is 12.6. The third kappa shape index (κ3) is 5.49. The van der Waals surface area contributed by atoms with E-state index in [-0.39, 0.29) is 23.3 Å². The molecule has 1 amide bonds. The number of hydrogen-bond acceptors (Lipinski definition) is 3. The quantitative estimate of drug-likeness (QED) is 0.803. The van der Waals surface area contributed by atoms with Gasteiger partial charge in [-0.3, -0.25) is 4.79 Å². The number of rotatable bonds is 6. The van der Waals surface area contributed by atoms with Gasteiger partial charge in [0.1, 0.15) is 0 Å². The zero-order chi connectivity index (χ0) is 14.5. The summed E-state index contributed by atoms with van der Waals surface area (Å²) in [6, 6.07) is 0. The molecule has 0 aromatic rings. The van der Waals surface area contributed by atoms with Crippen molar-refractivity contribution in [2.75, 3.05) is 26.2 Å². The molecule has 2 unspecified atom stereocenters. The second-order valence-corrected chi connectivity index (χ2v) is 6.71. The number of carbonyl (C=O) groups is 1. The zero-order valence-electron chi connectivity index (χ0n) is 12.9. The minimum Gasteiger partial charge on any atom is -0.376 e. The highest BCUT2D eigenvalue weighted by atomic mass is 16.5. The van der Waals surface area contributed by atoms with E-state index in [4.69, 9.17) is 10.5 Å². The van der Waals surface area contributed by atoms with Crippen LogP contribution in [0.5, 0.6) is 0 Å². The number of likely N-dealkylation sites (N-methyl/N-ethyl adjacent to an activating group) is 1. The molecule has 1 aliphatic heterocycles. The third-order valence-corrected chi connectivity index (χ3v) is 3.63. The van der Waals surface area contributed by atoms with E-state index < -0.39 is 0 Å². The third-order valence-electron chi connectivity index (χ3n) is 3.63. The van der Waals surface area contributed by atoms with Gasteiger partial charge in [-0.2, -0.15) is 0 Å². The van der Waals surface area contributed by atoms with E-state index in [1.165, 1.54) is 0 Å². The molecule has 2 N–H and O–H groups in total. The molecule has 0 radical (unpaired) electrons. The summed E-state index contributed by atoms with van der Waals surface area (Å²) in [5.41, 5.74) is 5.93. The van der Waals surface area contributed by atoms with Crippen molar-refractivity contribution in [3.63, 3.8) is 0 Å². The van der Waals surface area contributed by atoms with E-state index >= 15 is 0 Å². The second kappa shape index (κ2) is 7.25. The number of ether oxygens (including phenoxy) is 1. The van der Waals surface area contributed by atoms with Crippen LogP contribution in [0, 0.1) is 11.3 Å². The lowest BCUT2D eigenvalue weighted by Gasteiger charge is -2.31. The molecular weight excluding hydrogens is 240 g/mol. The highest BCUT2D eigenvalue weighted by Gasteiger charge is 2.29. The molecule has 112 valence electrons. The van der Waals surface area contributed by atoms with Gasteiger partial charge in [0, 0.05) is 26.2 Å². The monoisotopic (exact) mass is 270 g/mol. The van der Waals surface area contributed by atoms with Gasteiger partial charge in [-0.1, -0.05) is 20.8 Å². The number of hydrogen-bond donors (Lipinski definition) is 1. The van der Waals surface area contributed by atoms with Crippen molar-refractivity contribution in [1.29, 1.82) is 0 Å². The molecule has 1 heterocycles. The van der Waals surface area contributed by atoms with Crippen LogP contribution in [-0.2, 0) is 9.53 Å². The van der Waals surface area contributed by atoms with Crippen LogP contribution in [0.3, 0.4) is 0 Å². The van der Waals surface area contributed by atoms with Crippen molar-refractivity contribution in [3.05, 3.63) is 0 Å².